The summed E-state index contributed by atoms with van der Waals surface area (Å²) >= 11 is 3.57. The Balaban J connectivity index is 1.62. The maximum Gasteiger partial charge on any atom is 0.124 e. The second-order valence-corrected chi connectivity index (χ2v) is 7.33. The fourth-order valence-electron chi connectivity index (χ4n) is 3.63. The molecule has 0 aromatic heterocycles. The zero-order chi connectivity index (χ0) is 13.9. The minimum atomic E-state index is 0.452. The van der Waals surface area contributed by atoms with Crippen molar-refractivity contribution < 1.29 is 4.74 Å². The van der Waals surface area contributed by atoms with Crippen LogP contribution in [0.5, 0.6) is 5.75 Å². The van der Waals surface area contributed by atoms with Gasteiger partial charge in [0, 0.05) is 22.5 Å². The molecule has 1 fully saturated rings. The van der Waals surface area contributed by atoms with Crippen LogP contribution in [0.1, 0.15) is 50.6 Å². The summed E-state index contributed by atoms with van der Waals surface area (Å²) < 4.78 is 6.90. The second kappa shape index (κ2) is 6.48. The third-order valence-electron chi connectivity index (χ3n) is 4.71. The lowest BCUT2D eigenvalue weighted by Crippen LogP contribution is -2.32. The van der Waals surface area contributed by atoms with E-state index in [0.717, 1.165) is 41.6 Å². The highest BCUT2D eigenvalue weighted by Crippen LogP contribution is 2.35. The van der Waals surface area contributed by atoms with Crippen LogP contribution in [0.15, 0.2) is 22.7 Å². The third kappa shape index (κ3) is 3.37. The molecule has 3 heteroatoms. The molecule has 0 saturated heterocycles. The van der Waals surface area contributed by atoms with Crippen LogP contribution in [0, 0.1) is 11.8 Å². The fraction of sp³-hybridized carbons (Fsp3) is 0.647. The Morgan fingerprint density at radius 2 is 2.20 bits per heavy atom. The Morgan fingerprint density at radius 1 is 1.30 bits per heavy atom. The number of benzene rings is 1. The number of nitrogens with one attached hydrogen (secondary N) is 1. The van der Waals surface area contributed by atoms with Crippen molar-refractivity contribution >= 4 is 15.9 Å². The van der Waals surface area contributed by atoms with Crippen LogP contribution in [0.2, 0.25) is 0 Å². The van der Waals surface area contributed by atoms with Crippen LogP contribution in [-0.4, -0.2) is 13.2 Å². The summed E-state index contributed by atoms with van der Waals surface area (Å²) in [7, 11) is 0. The molecule has 1 heterocycles. The van der Waals surface area contributed by atoms with Gasteiger partial charge in [-0.2, -0.15) is 0 Å². The van der Waals surface area contributed by atoms with E-state index in [1.807, 2.05) is 0 Å². The zero-order valence-corrected chi connectivity index (χ0v) is 13.8. The van der Waals surface area contributed by atoms with Gasteiger partial charge in [-0.25, -0.2) is 0 Å². The fourth-order valence-corrected chi connectivity index (χ4v) is 4.01. The first-order chi connectivity index (χ1) is 9.72. The molecule has 1 N–H and O–H groups in total. The van der Waals surface area contributed by atoms with E-state index < -0.39 is 0 Å². The average molecular weight is 338 g/mol. The Morgan fingerprint density at radius 3 is 3.05 bits per heavy atom. The Bertz CT molecular complexity index is 462. The van der Waals surface area contributed by atoms with E-state index in [1.54, 1.807) is 0 Å². The summed E-state index contributed by atoms with van der Waals surface area (Å²) in [5.41, 5.74) is 1.31. The molecule has 1 saturated carbocycles. The summed E-state index contributed by atoms with van der Waals surface area (Å²) in [6.07, 6.45) is 6.69. The predicted octanol–water partition coefficient (Wildman–Crippen LogP) is 4.69. The van der Waals surface area contributed by atoms with Gasteiger partial charge < -0.3 is 10.1 Å². The number of halogens is 1. The number of fused-ring (bicyclic) bond motifs is 1. The molecule has 0 radical (unpaired) electrons. The van der Waals surface area contributed by atoms with Gasteiger partial charge in [0.2, 0.25) is 0 Å². The molecule has 20 heavy (non-hydrogen) atoms. The van der Waals surface area contributed by atoms with Crippen molar-refractivity contribution in [2.45, 2.75) is 45.1 Å². The Kier molecular flexibility index (Phi) is 4.67. The molecule has 0 bridgehead atoms. The molecular formula is C17H24BrNO. The van der Waals surface area contributed by atoms with Gasteiger partial charge in [0.15, 0.2) is 0 Å². The van der Waals surface area contributed by atoms with Crippen molar-refractivity contribution in [2.75, 3.05) is 13.2 Å². The Hall–Kier alpha value is -0.540. The van der Waals surface area contributed by atoms with Crippen LogP contribution in [0.25, 0.3) is 0 Å². The van der Waals surface area contributed by atoms with Gasteiger partial charge in [-0.3, -0.25) is 0 Å². The van der Waals surface area contributed by atoms with Crippen molar-refractivity contribution in [1.82, 2.24) is 5.32 Å². The van der Waals surface area contributed by atoms with Crippen molar-refractivity contribution in [1.29, 1.82) is 0 Å². The molecule has 0 spiro atoms. The van der Waals surface area contributed by atoms with Gasteiger partial charge in [-0.05, 0) is 49.4 Å². The summed E-state index contributed by atoms with van der Waals surface area (Å²) in [5.74, 6) is 2.82. The molecule has 3 rings (SSSR count). The maximum atomic E-state index is 5.76. The monoisotopic (exact) mass is 337 g/mol. The molecule has 0 amide bonds. The van der Waals surface area contributed by atoms with Crippen LogP contribution in [0.4, 0.5) is 0 Å². The minimum absolute atomic E-state index is 0.452. The van der Waals surface area contributed by atoms with E-state index >= 15 is 0 Å². The summed E-state index contributed by atoms with van der Waals surface area (Å²) in [6.45, 7) is 4.38. The van der Waals surface area contributed by atoms with E-state index in [0.29, 0.717) is 6.04 Å². The normalized spacial score (nSPS) is 29.6. The van der Waals surface area contributed by atoms with E-state index in [9.17, 15) is 0 Å². The first-order valence-corrected chi connectivity index (χ1v) is 8.67. The van der Waals surface area contributed by atoms with Gasteiger partial charge in [0.05, 0.1) is 6.61 Å². The van der Waals surface area contributed by atoms with Crippen LogP contribution < -0.4 is 10.1 Å². The van der Waals surface area contributed by atoms with Gasteiger partial charge >= 0.3 is 0 Å². The highest BCUT2D eigenvalue weighted by atomic mass is 79.9. The van der Waals surface area contributed by atoms with Crippen molar-refractivity contribution in [3.63, 3.8) is 0 Å². The molecule has 1 aromatic rings. The molecule has 1 aromatic carbocycles. The molecule has 110 valence electrons. The standard InChI is InChI=1S/C17H24BrNO/c1-12-3-2-4-13(9-12)11-19-16-7-8-20-17-6-5-14(18)10-15(16)17/h5-6,10,12-13,16,19H,2-4,7-9,11H2,1H3. The third-order valence-corrected chi connectivity index (χ3v) is 5.20. The maximum absolute atomic E-state index is 5.76. The highest BCUT2D eigenvalue weighted by Gasteiger charge is 2.24. The zero-order valence-electron chi connectivity index (χ0n) is 12.2. The topological polar surface area (TPSA) is 21.3 Å². The van der Waals surface area contributed by atoms with Gasteiger partial charge in [0.25, 0.3) is 0 Å². The number of rotatable bonds is 3. The molecule has 3 unspecified atom stereocenters. The van der Waals surface area contributed by atoms with Crippen molar-refractivity contribution in [3.05, 3.63) is 28.2 Å². The molecule has 2 aliphatic rings. The summed E-state index contributed by atoms with van der Waals surface area (Å²) in [5, 5.41) is 3.79. The molecule has 1 aliphatic heterocycles. The SMILES string of the molecule is CC1CCCC(CNC2CCOc3ccc(Br)cc32)C1. The van der Waals surface area contributed by atoms with Gasteiger partial charge in [0.1, 0.15) is 5.75 Å². The quantitative estimate of drug-likeness (QED) is 0.863. The summed E-state index contributed by atoms with van der Waals surface area (Å²) in [6, 6.07) is 6.80. The molecule has 3 atom stereocenters. The van der Waals surface area contributed by atoms with E-state index in [-0.39, 0.29) is 0 Å². The first-order valence-electron chi connectivity index (χ1n) is 7.88. The average Bonchev–Trinajstić information content (AvgIpc) is 2.45. The number of ether oxygens (including phenoxy) is 1. The van der Waals surface area contributed by atoms with Crippen LogP contribution in [-0.2, 0) is 0 Å². The van der Waals surface area contributed by atoms with Gasteiger partial charge in [-0.1, -0.05) is 35.7 Å². The van der Waals surface area contributed by atoms with Crippen LogP contribution in [0.3, 0.4) is 0 Å². The number of hydrogen-bond acceptors (Lipinski definition) is 2. The van der Waals surface area contributed by atoms with E-state index in [1.165, 1.54) is 31.2 Å². The lowest BCUT2D eigenvalue weighted by atomic mass is 9.82. The molecule has 2 nitrogen and oxygen atoms in total. The minimum Gasteiger partial charge on any atom is -0.493 e. The van der Waals surface area contributed by atoms with E-state index in [4.69, 9.17) is 4.74 Å². The molecular weight excluding hydrogens is 314 g/mol. The van der Waals surface area contributed by atoms with Gasteiger partial charge in [-0.15, -0.1) is 0 Å². The summed E-state index contributed by atoms with van der Waals surface area (Å²) in [4.78, 5) is 0. The smallest absolute Gasteiger partial charge is 0.124 e. The van der Waals surface area contributed by atoms with Crippen LogP contribution >= 0.6 is 15.9 Å². The van der Waals surface area contributed by atoms with Crippen molar-refractivity contribution in [2.24, 2.45) is 11.8 Å². The lowest BCUT2D eigenvalue weighted by Gasteiger charge is -2.31. The Labute approximate surface area is 130 Å². The second-order valence-electron chi connectivity index (χ2n) is 6.42. The largest absolute Gasteiger partial charge is 0.493 e. The first kappa shape index (κ1) is 14.4. The predicted molar refractivity (Wildman–Crippen MR) is 86.1 cm³/mol. The number of hydrogen-bond donors (Lipinski definition) is 1. The molecule has 1 aliphatic carbocycles. The van der Waals surface area contributed by atoms with E-state index in [2.05, 4.69) is 46.4 Å². The lowest BCUT2D eigenvalue weighted by molar-refractivity contribution is 0.230. The van der Waals surface area contributed by atoms with Crippen molar-refractivity contribution in [3.8, 4) is 5.75 Å². The highest BCUT2D eigenvalue weighted by molar-refractivity contribution is 9.10.